The highest BCUT2D eigenvalue weighted by molar-refractivity contribution is 6.13. The number of H-pyrrole nitrogens is 1. The number of rotatable bonds is 3. The lowest BCUT2D eigenvalue weighted by Gasteiger charge is -2.34. The summed E-state index contributed by atoms with van der Waals surface area (Å²) >= 11 is 0. The first-order chi connectivity index (χ1) is 13.6. The summed E-state index contributed by atoms with van der Waals surface area (Å²) in [5.74, 6) is 2.08. The van der Waals surface area contributed by atoms with Crippen molar-refractivity contribution >= 4 is 28.3 Å². The molecule has 6 nitrogen and oxygen atoms in total. The number of amidine groups is 1. The summed E-state index contributed by atoms with van der Waals surface area (Å²) in [6.07, 6.45) is 1.22. The maximum atomic E-state index is 6.65. The second-order valence-electron chi connectivity index (χ2n) is 6.88. The normalized spacial score (nSPS) is 16.2. The van der Waals surface area contributed by atoms with Crippen molar-refractivity contribution in [3.05, 3.63) is 77.7 Å². The molecule has 2 aromatic heterocycles. The van der Waals surface area contributed by atoms with Crippen molar-refractivity contribution in [2.75, 3.05) is 12.0 Å². The minimum atomic E-state index is -0.402. The first kappa shape index (κ1) is 16.6. The third-order valence-corrected chi connectivity index (χ3v) is 5.07. The Balaban J connectivity index is 1.67. The Morgan fingerprint density at radius 2 is 1.93 bits per heavy atom. The Hall–Kier alpha value is -3.51. The number of furan rings is 1. The van der Waals surface area contributed by atoms with Crippen molar-refractivity contribution < 1.29 is 9.15 Å². The molecule has 1 aliphatic heterocycles. The molecule has 1 unspecified atom stereocenters. The fourth-order valence-corrected chi connectivity index (χ4v) is 3.69. The molecule has 1 atom stereocenters. The van der Waals surface area contributed by atoms with E-state index in [0.717, 1.165) is 45.0 Å². The second kappa shape index (κ2) is 6.28. The lowest BCUT2D eigenvalue weighted by atomic mass is 10.1. The number of aliphatic imine (C=N–C) groups is 1. The average Bonchev–Trinajstić information content (AvgIpc) is 3.33. The minimum absolute atomic E-state index is 0.402. The van der Waals surface area contributed by atoms with Crippen molar-refractivity contribution in [2.24, 2.45) is 10.7 Å². The van der Waals surface area contributed by atoms with Gasteiger partial charge in [-0.25, -0.2) is 0 Å². The fourth-order valence-electron chi connectivity index (χ4n) is 3.69. The molecule has 3 N–H and O–H groups in total. The Labute approximate surface area is 162 Å². The number of aryl methyl sites for hydroxylation is 1. The number of methoxy groups -OCH3 is 1. The SMILES string of the molecule is COc1ccc(C2=Nc3occc3C(N)N2c2ccc3[nH]c(C)cc3c2)cc1. The molecule has 4 aromatic rings. The van der Waals surface area contributed by atoms with Crippen LogP contribution in [0.5, 0.6) is 5.75 Å². The van der Waals surface area contributed by atoms with Crippen LogP contribution in [0.15, 0.2) is 70.3 Å². The molecule has 6 heteroatoms. The van der Waals surface area contributed by atoms with Gasteiger partial charge >= 0.3 is 0 Å². The maximum Gasteiger partial charge on any atom is 0.227 e. The topological polar surface area (TPSA) is 79.8 Å². The molecule has 0 bridgehead atoms. The van der Waals surface area contributed by atoms with Crippen LogP contribution < -0.4 is 15.4 Å². The minimum Gasteiger partial charge on any atom is -0.497 e. The summed E-state index contributed by atoms with van der Waals surface area (Å²) in [6, 6.07) is 18.0. The summed E-state index contributed by atoms with van der Waals surface area (Å²) in [6.45, 7) is 2.05. The van der Waals surface area contributed by atoms with Gasteiger partial charge in [0.2, 0.25) is 5.88 Å². The number of hydrogen-bond donors (Lipinski definition) is 2. The number of nitrogens with two attached hydrogens (primary N) is 1. The number of hydrogen-bond acceptors (Lipinski definition) is 5. The van der Waals surface area contributed by atoms with E-state index in [2.05, 4.69) is 29.2 Å². The number of aromatic nitrogens is 1. The quantitative estimate of drug-likeness (QED) is 0.549. The van der Waals surface area contributed by atoms with Crippen LogP contribution in [0, 0.1) is 6.92 Å². The summed E-state index contributed by atoms with van der Waals surface area (Å²) in [4.78, 5) is 10.2. The molecule has 5 rings (SSSR count). The molecule has 3 heterocycles. The standard InChI is InChI=1S/C22H20N4O2/c1-13-11-15-12-16(5-8-19(15)24-13)26-20(23)18-9-10-28-22(18)25-21(26)14-3-6-17(27-2)7-4-14/h3-12,20,24H,23H2,1-2H3. The van der Waals surface area contributed by atoms with Crippen molar-refractivity contribution in [1.29, 1.82) is 0 Å². The third-order valence-electron chi connectivity index (χ3n) is 5.07. The van der Waals surface area contributed by atoms with Gasteiger partial charge in [-0.15, -0.1) is 0 Å². The highest BCUT2D eigenvalue weighted by Gasteiger charge is 2.31. The first-order valence-electron chi connectivity index (χ1n) is 9.09. The maximum absolute atomic E-state index is 6.65. The Morgan fingerprint density at radius 3 is 2.71 bits per heavy atom. The predicted octanol–water partition coefficient (Wildman–Crippen LogP) is 4.63. The molecule has 0 amide bonds. The Bertz CT molecular complexity index is 1190. The highest BCUT2D eigenvalue weighted by Crippen LogP contribution is 2.38. The molecule has 1 aliphatic rings. The van der Waals surface area contributed by atoms with E-state index < -0.39 is 6.17 Å². The first-order valence-corrected chi connectivity index (χ1v) is 9.09. The molecule has 28 heavy (non-hydrogen) atoms. The van der Waals surface area contributed by atoms with Crippen LogP contribution in [0.1, 0.15) is 23.0 Å². The molecule has 2 aromatic carbocycles. The Kier molecular flexibility index (Phi) is 3.74. The monoisotopic (exact) mass is 372 g/mol. The highest BCUT2D eigenvalue weighted by atomic mass is 16.5. The van der Waals surface area contributed by atoms with E-state index >= 15 is 0 Å². The van der Waals surface area contributed by atoms with Gasteiger partial charge in [-0.2, -0.15) is 4.99 Å². The van der Waals surface area contributed by atoms with Gasteiger partial charge in [-0.1, -0.05) is 0 Å². The summed E-state index contributed by atoms with van der Waals surface area (Å²) < 4.78 is 10.8. The summed E-state index contributed by atoms with van der Waals surface area (Å²) in [5, 5.41) is 1.13. The van der Waals surface area contributed by atoms with Gasteiger partial charge < -0.3 is 24.8 Å². The van der Waals surface area contributed by atoms with E-state index in [4.69, 9.17) is 19.9 Å². The smallest absolute Gasteiger partial charge is 0.227 e. The van der Waals surface area contributed by atoms with E-state index in [9.17, 15) is 0 Å². The predicted molar refractivity (Wildman–Crippen MR) is 110 cm³/mol. The van der Waals surface area contributed by atoms with E-state index in [1.165, 1.54) is 0 Å². The van der Waals surface area contributed by atoms with E-state index in [0.29, 0.717) is 5.88 Å². The van der Waals surface area contributed by atoms with Gasteiger partial charge in [0.25, 0.3) is 0 Å². The van der Waals surface area contributed by atoms with Crippen LogP contribution in [0.4, 0.5) is 11.6 Å². The van der Waals surface area contributed by atoms with E-state index in [-0.39, 0.29) is 0 Å². The van der Waals surface area contributed by atoms with E-state index in [1.807, 2.05) is 42.2 Å². The Morgan fingerprint density at radius 1 is 1.11 bits per heavy atom. The van der Waals surface area contributed by atoms with Crippen LogP contribution in [-0.2, 0) is 0 Å². The van der Waals surface area contributed by atoms with Crippen LogP contribution in [-0.4, -0.2) is 17.9 Å². The number of nitrogens with one attached hydrogen (secondary N) is 1. The van der Waals surface area contributed by atoms with Crippen molar-refractivity contribution in [3.8, 4) is 5.75 Å². The van der Waals surface area contributed by atoms with Crippen LogP contribution in [0.25, 0.3) is 10.9 Å². The zero-order chi connectivity index (χ0) is 19.3. The lowest BCUT2D eigenvalue weighted by Crippen LogP contribution is -2.41. The van der Waals surface area contributed by atoms with Gasteiger partial charge in [-0.05, 0) is 61.5 Å². The van der Waals surface area contributed by atoms with Crippen LogP contribution in [0.2, 0.25) is 0 Å². The van der Waals surface area contributed by atoms with Crippen LogP contribution in [0.3, 0.4) is 0 Å². The summed E-state index contributed by atoms with van der Waals surface area (Å²) in [7, 11) is 1.65. The third kappa shape index (κ3) is 2.58. The largest absolute Gasteiger partial charge is 0.497 e. The molecule has 0 saturated heterocycles. The lowest BCUT2D eigenvalue weighted by molar-refractivity contribution is 0.415. The number of fused-ring (bicyclic) bond motifs is 2. The number of anilines is 1. The van der Waals surface area contributed by atoms with Gasteiger partial charge in [0.15, 0.2) is 0 Å². The number of benzene rings is 2. The van der Waals surface area contributed by atoms with Crippen LogP contribution >= 0.6 is 0 Å². The number of nitrogens with zero attached hydrogens (tertiary/aromatic N) is 2. The van der Waals surface area contributed by atoms with E-state index in [1.54, 1.807) is 13.4 Å². The zero-order valence-corrected chi connectivity index (χ0v) is 15.6. The molecule has 140 valence electrons. The average molecular weight is 372 g/mol. The summed E-state index contributed by atoms with van der Waals surface area (Å²) in [5.41, 5.74) is 11.6. The van der Waals surface area contributed by atoms with Gasteiger partial charge in [0, 0.05) is 27.8 Å². The van der Waals surface area contributed by atoms with Gasteiger partial charge in [0.1, 0.15) is 17.8 Å². The zero-order valence-electron chi connectivity index (χ0n) is 15.6. The molecule has 0 aliphatic carbocycles. The van der Waals surface area contributed by atoms with Gasteiger partial charge in [0.05, 0.1) is 18.9 Å². The fraction of sp³-hybridized carbons (Fsp3) is 0.136. The molecule has 0 radical (unpaired) electrons. The van der Waals surface area contributed by atoms with Crippen molar-refractivity contribution in [1.82, 2.24) is 4.98 Å². The van der Waals surface area contributed by atoms with Crippen molar-refractivity contribution in [3.63, 3.8) is 0 Å². The second-order valence-corrected chi connectivity index (χ2v) is 6.88. The molecule has 0 saturated carbocycles. The molecular formula is C22H20N4O2. The number of aromatic amines is 1. The molecule has 0 fully saturated rings. The van der Waals surface area contributed by atoms with Crippen molar-refractivity contribution in [2.45, 2.75) is 13.1 Å². The number of ether oxygens (including phenoxy) is 1. The molecular weight excluding hydrogens is 352 g/mol. The van der Waals surface area contributed by atoms with Gasteiger partial charge in [-0.3, -0.25) is 0 Å². The molecule has 0 spiro atoms.